The number of aromatic nitrogens is 1. The van der Waals surface area contributed by atoms with E-state index in [9.17, 15) is 9.59 Å². The molecule has 2 N–H and O–H groups in total. The van der Waals surface area contributed by atoms with Gasteiger partial charge < -0.3 is 15.4 Å². The van der Waals surface area contributed by atoms with Crippen molar-refractivity contribution in [2.24, 2.45) is 5.92 Å². The molecule has 0 spiro atoms. The van der Waals surface area contributed by atoms with Gasteiger partial charge in [-0.15, -0.1) is 11.3 Å². The fraction of sp³-hybridized carbons (Fsp3) is 0.348. The number of esters is 1. The molecule has 3 rings (SSSR count). The van der Waals surface area contributed by atoms with Gasteiger partial charge in [0.2, 0.25) is 0 Å². The Hall–Kier alpha value is -2.93. The third-order valence-corrected chi connectivity index (χ3v) is 5.51. The fourth-order valence-corrected chi connectivity index (χ4v) is 3.82. The number of hydrogen-bond acceptors (Lipinski definition) is 6. The first-order valence-corrected chi connectivity index (χ1v) is 11.0. The summed E-state index contributed by atoms with van der Waals surface area (Å²) in [5, 5.41) is 10.6. The maximum Gasteiger partial charge on any atom is 0.358 e. The summed E-state index contributed by atoms with van der Waals surface area (Å²) < 4.78 is 5.14. The van der Waals surface area contributed by atoms with Crippen molar-refractivity contribution in [2.45, 2.75) is 33.2 Å². The third-order valence-electron chi connectivity index (χ3n) is 4.71. The zero-order valence-corrected chi connectivity index (χ0v) is 18.3. The molecule has 7 heteroatoms. The van der Waals surface area contributed by atoms with Crippen molar-refractivity contribution >= 4 is 39.1 Å². The van der Waals surface area contributed by atoms with E-state index in [2.05, 4.69) is 29.5 Å². The number of thiazole rings is 1. The molecule has 0 unspecified atom stereocenters. The van der Waals surface area contributed by atoms with Gasteiger partial charge in [0.15, 0.2) is 17.4 Å². The normalized spacial score (nSPS) is 12.0. The third kappa shape index (κ3) is 5.79. The van der Waals surface area contributed by atoms with E-state index in [4.69, 9.17) is 4.74 Å². The van der Waals surface area contributed by atoms with Crippen LogP contribution in [-0.2, 0) is 9.53 Å². The summed E-state index contributed by atoms with van der Waals surface area (Å²) in [6, 6.07) is 13.8. The Bertz CT molecular complexity index is 1010. The first kappa shape index (κ1) is 21.8. The topological polar surface area (TPSA) is 80.3 Å². The van der Waals surface area contributed by atoms with Crippen LogP contribution in [0.1, 0.15) is 49.3 Å². The van der Waals surface area contributed by atoms with Crippen molar-refractivity contribution in [2.75, 3.05) is 18.5 Å². The average molecular weight is 426 g/mol. The second kappa shape index (κ2) is 10.2. The Balaban J connectivity index is 1.50. The molecule has 1 aromatic heterocycles. The van der Waals surface area contributed by atoms with E-state index in [1.165, 1.54) is 11.3 Å². The molecule has 6 nitrogen and oxygen atoms in total. The van der Waals surface area contributed by atoms with Crippen molar-refractivity contribution in [3.63, 3.8) is 0 Å². The van der Waals surface area contributed by atoms with Crippen LogP contribution in [0.2, 0.25) is 0 Å². The van der Waals surface area contributed by atoms with Gasteiger partial charge in [0, 0.05) is 11.9 Å². The Morgan fingerprint density at radius 2 is 1.87 bits per heavy atom. The molecule has 0 bridgehead atoms. The van der Waals surface area contributed by atoms with Crippen LogP contribution in [0.3, 0.4) is 0 Å². The van der Waals surface area contributed by atoms with E-state index in [0.717, 1.165) is 29.3 Å². The van der Waals surface area contributed by atoms with Gasteiger partial charge in [0.05, 0.1) is 6.04 Å². The van der Waals surface area contributed by atoms with Crippen molar-refractivity contribution in [3.05, 3.63) is 59.1 Å². The van der Waals surface area contributed by atoms with Gasteiger partial charge in [-0.2, -0.15) is 0 Å². The van der Waals surface area contributed by atoms with Gasteiger partial charge in [-0.3, -0.25) is 4.79 Å². The number of nitrogens with zero attached hydrogens (tertiary/aromatic N) is 1. The zero-order chi connectivity index (χ0) is 21.5. The highest BCUT2D eigenvalue weighted by Gasteiger charge is 2.16. The van der Waals surface area contributed by atoms with Crippen molar-refractivity contribution in [3.8, 4) is 0 Å². The monoisotopic (exact) mass is 425 g/mol. The van der Waals surface area contributed by atoms with Gasteiger partial charge in [-0.1, -0.05) is 56.3 Å². The van der Waals surface area contributed by atoms with E-state index in [1.807, 2.05) is 49.4 Å². The number of hydrogen-bond donors (Lipinski definition) is 2. The Morgan fingerprint density at radius 3 is 2.67 bits per heavy atom. The number of fused-ring (bicyclic) bond motifs is 1. The number of nitrogens with one attached hydrogen (secondary N) is 2. The number of benzene rings is 2. The Labute approximate surface area is 180 Å². The average Bonchev–Trinajstić information content (AvgIpc) is 3.20. The molecule has 158 valence electrons. The minimum Gasteiger partial charge on any atom is -0.451 e. The smallest absolute Gasteiger partial charge is 0.358 e. The summed E-state index contributed by atoms with van der Waals surface area (Å²) in [4.78, 5) is 28.7. The lowest BCUT2D eigenvalue weighted by Crippen LogP contribution is -2.31. The van der Waals surface area contributed by atoms with Crippen molar-refractivity contribution < 1.29 is 14.3 Å². The van der Waals surface area contributed by atoms with Gasteiger partial charge in [-0.25, -0.2) is 9.78 Å². The van der Waals surface area contributed by atoms with Crippen molar-refractivity contribution in [1.29, 1.82) is 0 Å². The highest BCUT2D eigenvalue weighted by molar-refractivity contribution is 7.13. The number of carbonyl (C=O) groups excluding carboxylic acids is 2. The van der Waals surface area contributed by atoms with Crippen molar-refractivity contribution in [1.82, 2.24) is 10.3 Å². The lowest BCUT2D eigenvalue weighted by Gasteiger charge is -2.16. The molecule has 0 aliphatic heterocycles. The van der Waals surface area contributed by atoms with Crippen LogP contribution in [0.25, 0.3) is 10.8 Å². The minimum atomic E-state index is -0.601. The van der Waals surface area contributed by atoms with Crippen LogP contribution in [0.15, 0.2) is 47.8 Å². The highest BCUT2D eigenvalue weighted by atomic mass is 32.1. The number of ether oxygens (including phenoxy) is 1. The van der Waals surface area contributed by atoms with E-state index >= 15 is 0 Å². The second-order valence-corrected chi connectivity index (χ2v) is 8.44. The molecule has 0 aliphatic carbocycles. The summed E-state index contributed by atoms with van der Waals surface area (Å²) in [6.45, 7) is 6.67. The van der Waals surface area contributed by atoms with Crippen LogP contribution in [0, 0.1) is 5.92 Å². The molecule has 0 radical (unpaired) electrons. The summed E-state index contributed by atoms with van der Waals surface area (Å²) in [5.41, 5.74) is 1.23. The standard InChI is InChI=1S/C23H27N3O3S/c1-15(2)11-12-24-23-26-20(14-30-23)22(28)29-13-21(27)25-16(3)18-10-6-8-17-7-4-5-9-19(17)18/h4-10,14-16H,11-13H2,1-3H3,(H,24,26)(H,25,27)/t16-/m1/s1. The lowest BCUT2D eigenvalue weighted by atomic mass is 10.00. The maximum atomic E-state index is 12.3. The first-order valence-electron chi connectivity index (χ1n) is 10.1. The van der Waals surface area contributed by atoms with Gasteiger partial charge >= 0.3 is 5.97 Å². The first-order chi connectivity index (χ1) is 14.4. The number of amides is 1. The van der Waals surface area contributed by atoms with Gasteiger partial charge in [-0.05, 0) is 35.6 Å². The quantitative estimate of drug-likeness (QED) is 0.482. The Morgan fingerprint density at radius 1 is 1.10 bits per heavy atom. The summed E-state index contributed by atoms with van der Waals surface area (Å²) in [7, 11) is 0. The molecule has 2 aromatic carbocycles. The molecule has 0 saturated heterocycles. The SMILES string of the molecule is CC(C)CCNc1nc(C(=O)OCC(=O)N[C@H](C)c2cccc3ccccc23)cs1. The van der Waals surface area contributed by atoms with E-state index in [1.54, 1.807) is 5.38 Å². The van der Waals surface area contributed by atoms with Gasteiger partial charge in [0.25, 0.3) is 5.91 Å². The van der Waals surface area contributed by atoms with Crippen LogP contribution >= 0.6 is 11.3 Å². The van der Waals surface area contributed by atoms with Crippen LogP contribution < -0.4 is 10.6 Å². The zero-order valence-electron chi connectivity index (χ0n) is 17.5. The number of rotatable bonds is 9. The summed E-state index contributed by atoms with van der Waals surface area (Å²) >= 11 is 1.35. The van der Waals surface area contributed by atoms with E-state index < -0.39 is 5.97 Å². The summed E-state index contributed by atoms with van der Waals surface area (Å²) in [6.07, 6.45) is 1.02. The molecule has 1 atom stereocenters. The minimum absolute atomic E-state index is 0.210. The Kier molecular flexibility index (Phi) is 7.41. The molecular formula is C23H27N3O3S. The lowest BCUT2D eigenvalue weighted by molar-refractivity contribution is -0.124. The highest BCUT2D eigenvalue weighted by Crippen LogP contribution is 2.24. The van der Waals surface area contributed by atoms with Crippen LogP contribution in [0.4, 0.5) is 5.13 Å². The molecule has 1 amide bonds. The summed E-state index contributed by atoms with van der Waals surface area (Å²) in [5.74, 6) is -0.359. The molecule has 0 saturated carbocycles. The van der Waals surface area contributed by atoms with Crippen LogP contribution in [-0.4, -0.2) is 30.0 Å². The number of anilines is 1. The van der Waals surface area contributed by atoms with E-state index in [0.29, 0.717) is 11.0 Å². The van der Waals surface area contributed by atoms with Gasteiger partial charge in [0.1, 0.15) is 0 Å². The molecule has 1 heterocycles. The molecule has 0 aliphatic rings. The molecule has 30 heavy (non-hydrogen) atoms. The predicted molar refractivity (Wildman–Crippen MR) is 121 cm³/mol. The molecule has 3 aromatic rings. The maximum absolute atomic E-state index is 12.3. The predicted octanol–water partition coefficient (Wildman–Crippen LogP) is 4.79. The largest absolute Gasteiger partial charge is 0.451 e. The fourth-order valence-electron chi connectivity index (χ4n) is 3.11. The number of carbonyl (C=O) groups is 2. The molecular weight excluding hydrogens is 398 g/mol. The second-order valence-electron chi connectivity index (χ2n) is 7.58. The van der Waals surface area contributed by atoms with Crippen LogP contribution in [0.5, 0.6) is 0 Å². The van der Waals surface area contributed by atoms with E-state index in [-0.39, 0.29) is 24.2 Å². The molecule has 0 fully saturated rings.